The number of nitrogens with two attached hydrogens (primary N) is 1. The van der Waals surface area contributed by atoms with Gasteiger partial charge in [-0.05, 0) is 24.1 Å². The van der Waals surface area contributed by atoms with E-state index >= 15 is 0 Å². The Morgan fingerprint density at radius 2 is 2.31 bits per heavy atom. The second-order valence-electron chi connectivity index (χ2n) is 3.69. The van der Waals surface area contributed by atoms with Crippen molar-refractivity contribution in [2.24, 2.45) is 5.73 Å². The molecule has 4 heteroatoms. The Kier molecular flexibility index (Phi) is 2.92. The molecule has 84 valence electrons. The number of hydrogen-bond donors (Lipinski definition) is 2. The van der Waals surface area contributed by atoms with Crippen LogP contribution in [0.3, 0.4) is 0 Å². The lowest BCUT2D eigenvalue weighted by Gasteiger charge is -2.09. The minimum atomic E-state index is -0.606. The Bertz CT molecular complexity index is 504. The van der Waals surface area contributed by atoms with Crippen LogP contribution in [-0.2, 0) is 16.0 Å². The summed E-state index contributed by atoms with van der Waals surface area (Å²) in [6, 6.07) is 7.28. The highest BCUT2D eigenvalue weighted by Gasteiger charge is 2.15. The van der Waals surface area contributed by atoms with E-state index in [1.54, 1.807) is 0 Å². The quantitative estimate of drug-likeness (QED) is 0.761. The van der Waals surface area contributed by atoms with Crippen molar-refractivity contribution in [2.45, 2.75) is 12.5 Å². The van der Waals surface area contributed by atoms with Crippen molar-refractivity contribution < 1.29 is 9.53 Å². The number of carbonyl (C=O) groups excluding carboxylic acids is 1. The van der Waals surface area contributed by atoms with Gasteiger partial charge in [-0.25, -0.2) is 0 Å². The highest BCUT2D eigenvalue weighted by atomic mass is 16.5. The summed E-state index contributed by atoms with van der Waals surface area (Å²) in [5.74, 6) is -0.382. The third-order valence-corrected chi connectivity index (χ3v) is 2.63. The van der Waals surface area contributed by atoms with E-state index in [9.17, 15) is 4.79 Å². The van der Waals surface area contributed by atoms with Crippen molar-refractivity contribution in [3.05, 3.63) is 36.0 Å². The number of ether oxygens (including phenoxy) is 1. The molecule has 0 aliphatic heterocycles. The van der Waals surface area contributed by atoms with Crippen molar-refractivity contribution in [3.63, 3.8) is 0 Å². The molecule has 0 aliphatic carbocycles. The molecule has 1 heterocycles. The topological polar surface area (TPSA) is 68.1 Å². The van der Waals surface area contributed by atoms with Crippen LogP contribution >= 0.6 is 0 Å². The van der Waals surface area contributed by atoms with Crippen LogP contribution in [0.25, 0.3) is 10.9 Å². The molecular formula is C12H14N2O2. The zero-order valence-electron chi connectivity index (χ0n) is 9.07. The minimum absolute atomic E-state index is 0.382. The second-order valence-corrected chi connectivity index (χ2v) is 3.69. The lowest BCUT2D eigenvalue weighted by atomic mass is 10.0. The first-order valence-electron chi connectivity index (χ1n) is 5.11. The van der Waals surface area contributed by atoms with Gasteiger partial charge in [0.25, 0.3) is 0 Å². The number of aromatic amines is 1. The average molecular weight is 218 g/mol. The smallest absolute Gasteiger partial charge is 0.322 e. The van der Waals surface area contributed by atoms with Crippen molar-refractivity contribution in [3.8, 4) is 0 Å². The van der Waals surface area contributed by atoms with E-state index in [0.717, 1.165) is 16.5 Å². The predicted octanol–water partition coefficient (Wildman–Crippen LogP) is 1.21. The molecule has 4 nitrogen and oxygen atoms in total. The minimum Gasteiger partial charge on any atom is -0.468 e. The molecule has 0 unspecified atom stereocenters. The third-order valence-electron chi connectivity index (χ3n) is 2.63. The second kappa shape index (κ2) is 4.37. The highest BCUT2D eigenvalue weighted by Crippen LogP contribution is 2.18. The standard InChI is InChI=1S/C12H14N2O2/c1-16-12(15)10(13)7-8-3-2-4-11-9(8)5-6-14-11/h2-6,10,14H,7,13H2,1H3/t10-/m1/s1. The van der Waals surface area contributed by atoms with Gasteiger partial charge in [0.15, 0.2) is 0 Å². The van der Waals surface area contributed by atoms with Gasteiger partial charge in [0.2, 0.25) is 0 Å². The summed E-state index contributed by atoms with van der Waals surface area (Å²) in [6.45, 7) is 0. The van der Waals surface area contributed by atoms with Gasteiger partial charge in [0.05, 0.1) is 7.11 Å². The van der Waals surface area contributed by atoms with Crippen LogP contribution in [0, 0.1) is 0 Å². The summed E-state index contributed by atoms with van der Waals surface area (Å²) in [6.07, 6.45) is 2.36. The zero-order valence-corrected chi connectivity index (χ0v) is 9.07. The zero-order chi connectivity index (χ0) is 11.5. The Labute approximate surface area is 93.4 Å². The predicted molar refractivity (Wildman–Crippen MR) is 62.0 cm³/mol. The van der Waals surface area contributed by atoms with Crippen LogP contribution in [-0.4, -0.2) is 24.1 Å². The fourth-order valence-corrected chi connectivity index (χ4v) is 1.80. The summed E-state index contributed by atoms with van der Waals surface area (Å²) < 4.78 is 4.61. The third kappa shape index (κ3) is 1.92. The average Bonchev–Trinajstić information content (AvgIpc) is 2.77. The first-order chi connectivity index (χ1) is 7.72. The van der Waals surface area contributed by atoms with E-state index in [1.807, 2.05) is 30.5 Å². The molecule has 0 spiro atoms. The molecule has 1 aromatic heterocycles. The monoisotopic (exact) mass is 218 g/mol. The molecule has 0 amide bonds. The van der Waals surface area contributed by atoms with Crippen molar-refractivity contribution in [2.75, 3.05) is 7.11 Å². The Balaban J connectivity index is 2.27. The van der Waals surface area contributed by atoms with E-state index < -0.39 is 6.04 Å². The lowest BCUT2D eigenvalue weighted by molar-refractivity contribution is -0.142. The number of H-pyrrole nitrogens is 1. The van der Waals surface area contributed by atoms with Gasteiger partial charge in [-0.2, -0.15) is 0 Å². The first-order valence-corrected chi connectivity index (χ1v) is 5.11. The summed E-state index contributed by atoms with van der Waals surface area (Å²) in [4.78, 5) is 14.4. The lowest BCUT2D eigenvalue weighted by Crippen LogP contribution is -2.33. The molecule has 0 saturated heterocycles. The maximum Gasteiger partial charge on any atom is 0.322 e. The van der Waals surface area contributed by atoms with Gasteiger partial charge >= 0.3 is 5.97 Å². The van der Waals surface area contributed by atoms with Crippen LogP contribution < -0.4 is 5.73 Å². The largest absolute Gasteiger partial charge is 0.468 e. The first kappa shape index (κ1) is 10.7. The van der Waals surface area contributed by atoms with E-state index in [2.05, 4.69) is 9.72 Å². The number of esters is 1. The fourth-order valence-electron chi connectivity index (χ4n) is 1.80. The Morgan fingerprint density at radius 1 is 1.50 bits per heavy atom. The number of nitrogens with one attached hydrogen (secondary N) is 1. The molecule has 2 aromatic rings. The SMILES string of the molecule is COC(=O)[C@H](N)Cc1cccc2[nH]ccc12. The van der Waals surface area contributed by atoms with Gasteiger partial charge in [-0.15, -0.1) is 0 Å². The van der Waals surface area contributed by atoms with Crippen LogP contribution in [0.15, 0.2) is 30.5 Å². The van der Waals surface area contributed by atoms with Gasteiger partial charge in [-0.1, -0.05) is 12.1 Å². The van der Waals surface area contributed by atoms with Gasteiger partial charge in [-0.3, -0.25) is 4.79 Å². The van der Waals surface area contributed by atoms with E-state index in [4.69, 9.17) is 5.73 Å². The van der Waals surface area contributed by atoms with Crippen molar-refractivity contribution >= 4 is 16.9 Å². The summed E-state index contributed by atoms with van der Waals surface area (Å²) in [5.41, 5.74) is 7.84. The normalized spacial score (nSPS) is 12.6. The number of rotatable bonds is 3. The number of carbonyl (C=O) groups is 1. The summed E-state index contributed by atoms with van der Waals surface area (Å²) in [5, 5.41) is 1.10. The molecule has 3 N–H and O–H groups in total. The summed E-state index contributed by atoms with van der Waals surface area (Å²) in [7, 11) is 1.35. The molecule has 0 bridgehead atoms. The van der Waals surface area contributed by atoms with Gasteiger partial charge in [0.1, 0.15) is 6.04 Å². The van der Waals surface area contributed by atoms with Gasteiger partial charge < -0.3 is 15.5 Å². The number of aromatic nitrogens is 1. The number of benzene rings is 1. The molecule has 2 rings (SSSR count). The molecule has 0 aliphatic rings. The Morgan fingerprint density at radius 3 is 3.06 bits per heavy atom. The van der Waals surface area contributed by atoms with Gasteiger partial charge in [0, 0.05) is 17.1 Å². The van der Waals surface area contributed by atoms with E-state index in [1.165, 1.54) is 7.11 Å². The fraction of sp³-hybridized carbons (Fsp3) is 0.250. The molecule has 0 radical (unpaired) electrons. The maximum absolute atomic E-state index is 11.2. The van der Waals surface area contributed by atoms with E-state index in [-0.39, 0.29) is 5.97 Å². The Hall–Kier alpha value is -1.81. The van der Waals surface area contributed by atoms with Crippen molar-refractivity contribution in [1.82, 2.24) is 4.98 Å². The molecule has 1 atom stereocenters. The van der Waals surface area contributed by atoms with E-state index in [0.29, 0.717) is 6.42 Å². The van der Waals surface area contributed by atoms with Crippen molar-refractivity contribution in [1.29, 1.82) is 0 Å². The molecule has 0 saturated carbocycles. The molecule has 1 aromatic carbocycles. The molecule has 16 heavy (non-hydrogen) atoms. The van der Waals surface area contributed by atoms with Crippen LogP contribution in [0.5, 0.6) is 0 Å². The number of methoxy groups -OCH3 is 1. The van der Waals surface area contributed by atoms with Crippen LogP contribution in [0.1, 0.15) is 5.56 Å². The number of hydrogen-bond acceptors (Lipinski definition) is 3. The number of fused-ring (bicyclic) bond motifs is 1. The highest BCUT2D eigenvalue weighted by molar-refractivity contribution is 5.84. The molecular weight excluding hydrogens is 204 g/mol. The van der Waals surface area contributed by atoms with Crippen LogP contribution in [0.2, 0.25) is 0 Å². The molecule has 0 fully saturated rings. The maximum atomic E-state index is 11.2. The van der Waals surface area contributed by atoms with Crippen LogP contribution in [0.4, 0.5) is 0 Å². The summed E-state index contributed by atoms with van der Waals surface area (Å²) >= 11 is 0.